The van der Waals surface area contributed by atoms with Crippen LogP contribution in [0.25, 0.3) is 0 Å². The molecule has 3 rings (SSSR count). The molecule has 0 radical (unpaired) electrons. The number of hydrogen-bond donors (Lipinski definition) is 0. The smallest absolute Gasteiger partial charge is 0.460 e. The van der Waals surface area contributed by atoms with Crippen LogP contribution < -0.4 is 0 Å². The van der Waals surface area contributed by atoms with E-state index < -0.39 is 33.4 Å². The number of thioether (sulfide) groups is 3. The van der Waals surface area contributed by atoms with Gasteiger partial charge in [-0.15, -0.1) is 35.3 Å². The normalized spacial score (nSPS) is 12.9. The first kappa shape index (κ1) is 45.5. The zero-order valence-corrected chi connectivity index (χ0v) is 32.0. The van der Waals surface area contributed by atoms with Crippen molar-refractivity contribution < 1.29 is 52.5 Å². The molecule has 17 heteroatoms. The van der Waals surface area contributed by atoms with E-state index in [0.717, 1.165) is 0 Å². The third-order valence-electron chi connectivity index (χ3n) is 6.91. The van der Waals surface area contributed by atoms with Gasteiger partial charge in [-0.25, -0.2) is 8.42 Å². The molecule has 3 aromatic rings. The Morgan fingerprint density at radius 2 is 0.804 bits per heavy atom. The van der Waals surface area contributed by atoms with Gasteiger partial charge in [-0.3, -0.25) is 0 Å². The van der Waals surface area contributed by atoms with Crippen LogP contribution in [0.3, 0.4) is 0 Å². The molecule has 0 aliphatic carbocycles. The van der Waals surface area contributed by atoms with Gasteiger partial charge in [0.05, 0.1) is 10.9 Å². The van der Waals surface area contributed by atoms with Crippen LogP contribution in [-0.2, 0) is 21.0 Å². The maximum atomic E-state index is 12.2. The van der Waals surface area contributed by atoms with Crippen molar-refractivity contribution >= 4 is 56.3 Å². The molecule has 0 saturated heterocycles. The summed E-state index contributed by atoms with van der Waals surface area (Å²) in [5, 5.41) is -7.11. The van der Waals surface area contributed by atoms with Crippen molar-refractivity contribution in [3.63, 3.8) is 0 Å². The van der Waals surface area contributed by atoms with Crippen LogP contribution in [0.15, 0.2) is 102 Å². The van der Waals surface area contributed by atoms with Crippen LogP contribution in [0.5, 0.6) is 0 Å². The molecule has 0 heterocycles. The third kappa shape index (κ3) is 12.4. The third-order valence-corrected chi connectivity index (χ3v) is 13.3. The molecule has 0 atom stereocenters. The number of rotatable bonds is 18. The molecular weight excluding hydrogens is 788 g/mol. The summed E-state index contributed by atoms with van der Waals surface area (Å²) in [5.41, 5.74) is 0. The van der Waals surface area contributed by atoms with Gasteiger partial charge in [0.1, 0.15) is 0 Å². The van der Waals surface area contributed by atoms with Crippen molar-refractivity contribution in [1.82, 2.24) is 0 Å². The first-order valence-corrected chi connectivity index (χ1v) is 21.4. The molecule has 0 N–H and O–H groups in total. The van der Waals surface area contributed by atoms with Gasteiger partial charge in [0, 0.05) is 14.7 Å². The highest BCUT2D eigenvalue weighted by atomic mass is 32.2. The minimum Gasteiger partial charge on any atom is -0.743 e. The summed E-state index contributed by atoms with van der Waals surface area (Å²) in [6.45, 7) is 6.78. The highest BCUT2D eigenvalue weighted by Gasteiger charge is 2.83. The van der Waals surface area contributed by atoms with Gasteiger partial charge in [0.25, 0.3) is 0 Å². The molecule has 0 amide bonds. The molecule has 51 heavy (non-hydrogen) atoms. The summed E-state index contributed by atoms with van der Waals surface area (Å²) >= 11 is 5.93. The molecule has 0 saturated carbocycles. The van der Waals surface area contributed by atoms with Crippen molar-refractivity contribution in [1.29, 1.82) is 0 Å². The number of alkyl halides is 9. The van der Waals surface area contributed by atoms with E-state index in [1.807, 2.05) is 35.3 Å². The number of halogens is 9. The maximum Gasteiger partial charge on any atom is 0.460 e. The molecule has 0 bridgehead atoms. The van der Waals surface area contributed by atoms with Crippen molar-refractivity contribution in [2.45, 2.75) is 112 Å². The van der Waals surface area contributed by atoms with Crippen LogP contribution in [-0.4, -0.2) is 53.5 Å². The Bertz CT molecular complexity index is 1440. The average Bonchev–Trinajstić information content (AvgIpc) is 3.06. The average molecular weight is 827 g/mol. The standard InChI is InChI=1S/C30H39S4.C4HF9O3S/c1-4-7-22-31-25-10-16-28(17-11-25)34(29-18-12-26(13-19-29)32-23-8-5-2)30-20-14-27(15-21-30)33-24-9-6-3;5-1(6,3(9,10)11)2(7,8)4(12,13)17(14,15)16/h10-21H,4-9,22-24H2,1-3H3;(H,14,15,16)/q+1;/p-1. The summed E-state index contributed by atoms with van der Waals surface area (Å²) in [6, 6.07) is 28.0. The molecular formula is C34H39F9O3S5. The predicted molar refractivity (Wildman–Crippen MR) is 189 cm³/mol. The minimum atomic E-state index is -7.43. The van der Waals surface area contributed by atoms with Gasteiger partial charge in [-0.2, -0.15) is 39.5 Å². The second kappa shape index (κ2) is 20.1. The Morgan fingerprint density at radius 1 is 0.529 bits per heavy atom. The zero-order chi connectivity index (χ0) is 38.5. The highest BCUT2D eigenvalue weighted by Crippen LogP contribution is 2.54. The fourth-order valence-electron chi connectivity index (χ4n) is 3.94. The summed E-state index contributed by atoms with van der Waals surface area (Å²) < 4.78 is 135. The van der Waals surface area contributed by atoms with Crippen LogP contribution in [0, 0.1) is 0 Å². The van der Waals surface area contributed by atoms with Gasteiger partial charge < -0.3 is 4.55 Å². The molecule has 0 fully saturated rings. The number of hydrogen-bond acceptors (Lipinski definition) is 6. The van der Waals surface area contributed by atoms with Crippen LogP contribution in [0.1, 0.15) is 59.3 Å². The van der Waals surface area contributed by atoms with Gasteiger partial charge in [0.2, 0.25) is 0 Å². The first-order valence-electron chi connectivity index (χ1n) is 15.8. The van der Waals surface area contributed by atoms with Crippen molar-refractivity contribution in [2.24, 2.45) is 0 Å². The van der Waals surface area contributed by atoms with E-state index in [1.54, 1.807) is 0 Å². The van der Waals surface area contributed by atoms with Gasteiger partial charge in [-0.05, 0) is 109 Å². The van der Waals surface area contributed by atoms with Crippen LogP contribution >= 0.6 is 35.3 Å². The zero-order valence-electron chi connectivity index (χ0n) is 28.0. The maximum absolute atomic E-state index is 12.2. The fraction of sp³-hybridized carbons (Fsp3) is 0.471. The SMILES string of the molecule is CCCCSc1ccc([S+](c2ccc(SCCCC)cc2)c2ccc(SCCCC)cc2)cc1.O=S(=O)([O-])C(F)(F)C(F)(F)C(F)(F)C(F)(F)F. The lowest BCUT2D eigenvalue weighted by atomic mass is 10.1. The number of benzene rings is 3. The summed E-state index contributed by atoms with van der Waals surface area (Å²) in [6.07, 6.45) is 0.451. The van der Waals surface area contributed by atoms with Crippen molar-refractivity contribution in [2.75, 3.05) is 17.3 Å². The minimum absolute atomic E-state index is 0.0892. The monoisotopic (exact) mass is 826 g/mol. The van der Waals surface area contributed by atoms with E-state index in [9.17, 15) is 52.5 Å². The molecule has 286 valence electrons. The number of unbranched alkanes of at least 4 members (excludes halogenated alkanes) is 3. The highest BCUT2D eigenvalue weighted by molar-refractivity contribution is 8.00. The van der Waals surface area contributed by atoms with Crippen LogP contribution in [0.2, 0.25) is 0 Å². The Kier molecular flexibility index (Phi) is 18.0. The van der Waals surface area contributed by atoms with E-state index in [0.29, 0.717) is 0 Å². The molecule has 0 aliphatic heterocycles. The van der Waals surface area contributed by atoms with E-state index in [-0.39, 0.29) is 10.9 Å². The van der Waals surface area contributed by atoms with Crippen molar-refractivity contribution in [3.8, 4) is 0 Å². The predicted octanol–water partition coefficient (Wildman–Crippen LogP) is 12.4. The summed E-state index contributed by atoms with van der Waals surface area (Å²) in [4.78, 5) is 8.34. The lowest BCUT2D eigenvalue weighted by Gasteiger charge is -2.34. The van der Waals surface area contributed by atoms with Crippen molar-refractivity contribution in [3.05, 3.63) is 72.8 Å². The Morgan fingerprint density at radius 3 is 1.02 bits per heavy atom. The fourth-order valence-corrected chi connectivity index (χ4v) is 9.42. The molecule has 3 aromatic carbocycles. The first-order chi connectivity index (χ1) is 23.7. The quantitative estimate of drug-likeness (QED) is 0.0419. The lowest BCUT2D eigenvalue weighted by Crippen LogP contribution is -2.63. The van der Waals surface area contributed by atoms with Gasteiger partial charge in [-0.1, -0.05) is 40.0 Å². The largest absolute Gasteiger partial charge is 0.743 e. The van der Waals surface area contributed by atoms with Gasteiger partial charge in [0.15, 0.2) is 24.8 Å². The second-order valence-electron chi connectivity index (χ2n) is 10.9. The molecule has 0 aliphatic rings. The second-order valence-corrected chi connectivity index (χ2v) is 17.9. The van der Waals surface area contributed by atoms with Gasteiger partial charge >= 0.3 is 23.3 Å². The summed E-state index contributed by atoms with van der Waals surface area (Å²) in [5.74, 6) is -11.2. The van der Waals surface area contributed by atoms with E-state index in [1.165, 1.54) is 85.2 Å². The van der Waals surface area contributed by atoms with E-state index in [4.69, 9.17) is 0 Å². The van der Waals surface area contributed by atoms with Crippen LogP contribution in [0.4, 0.5) is 39.5 Å². The topological polar surface area (TPSA) is 57.2 Å². The molecule has 0 aromatic heterocycles. The molecule has 3 nitrogen and oxygen atoms in total. The summed E-state index contributed by atoms with van der Waals surface area (Å²) in [7, 11) is -7.51. The Labute approximate surface area is 309 Å². The Balaban J connectivity index is 0.000000449. The lowest BCUT2D eigenvalue weighted by molar-refractivity contribution is -0.382. The van der Waals surface area contributed by atoms with E-state index in [2.05, 4.69) is 93.6 Å². The molecule has 0 spiro atoms. The molecule has 0 unspecified atom stereocenters. The van der Waals surface area contributed by atoms with E-state index >= 15 is 0 Å². The Hall–Kier alpha value is -1.66.